The van der Waals surface area contributed by atoms with E-state index < -0.39 is 11.0 Å². The Bertz CT molecular complexity index is 1160. The summed E-state index contributed by atoms with van der Waals surface area (Å²) >= 11 is 0. The van der Waals surface area contributed by atoms with E-state index in [1.54, 1.807) is 12.1 Å². The molecule has 0 saturated carbocycles. The number of hydrogen-bond donors (Lipinski definition) is 0. The van der Waals surface area contributed by atoms with Crippen molar-refractivity contribution in [2.24, 2.45) is 5.92 Å². The van der Waals surface area contributed by atoms with Crippen LogP contribution in [0.25, 0.3) is 16.6 Å². The van der Waals surface area contributed by atoms with Crippen LogP contribution in [0.1, 0.15) is 44.9 Å². The fourth-order valence-corrected chi connectivity index (χ4v) is 5.88. The molecule has 0 amide bonds. The van der Waals surface area contributed by atoms with Gasteiger partial charge in [0, 0.05) is 37.6 Å². The minimum absolute atomic E-state index is 0.146. The van der Waals surface area contributed by atoms with Gasteiger partial charge in [0.25, 0.3) is 0 Å². The molecule has 6 nitrogen and oxygen atoms in total. The van der Waals surface area contributed by atoms with Crippen LogP contribution in [0.3, 0.4) is 0 Å². The normalized spacial score (nSPS) is 18.7. The number of fused-ring (bicyclic) bond motifs is 1. The second kappa shape index (κ2) is 11.3. The molecule has 1 aliphatic heterocycles. The lowest BCUT2D eigenvalue weighted by molar-refractivity contribution is 0.0889. The summed E-state index contributed by atoms with van der Waals surface area (Å²) in [5.74, 6) is 0.806. The van der Waals surface area contributed by atoms with Crippen LogP contribution in [-0.4, -0.2) is 67.8 Å². The molecule has 0 N–H and O–H groups in total. The van der Waals surface area contributed by atoms with Crippen molar-refractivity contribution in [2.45, 2.75) is 46.8 Å². The number of nitrogens with zero attached hydrogens (tertiary/aromatic N) is 4. The SMILES string of the molecule is Cc1cc2c(cnn2-c2ccc(F)cc2)cc1C1CN(S(=O)CCOC(C)C)CCN1CC(C)C. The van der Waals surface area contributed by atoms with Gasteiger partial charge in [0.2, 0.25) is 0 Å². The molecule has 1 saturated heterocycles. The Morgan fingerprint density at radius 2 is 1.89 bits per heavy atom. The smallest absolute Gasteiger partial charge is 0.123 e. The highest BCUT2D eigenvalue weighted by molar-refractivity contribution is 7.82. The van der Waals surface area contributed by atoms with Crippen molar-refractivity contribution in [3.63, 3.8) is 0 Å². The van der Waals surface area contributed by atoms with E-state index in [2.05, 4.69) is 47.2 Å². The molecule has 2 atom stereocenters. The van der Waals surface area contributed by atoms with Crippen LogP contribution >= 0.6 is 0 Å². The van der Waals surface area contributed by atoms with Gasteiger partial charge in [-0.2, -0.15) is 5.10 Å². The fourth-order valence-electron chi connectivity index (χ4n) is 4.79. The Hall–Kier alpha value is -2.13. The summed E-state index contributed by atoms with van der Waals surface area (Å²) in [5.41, 5.74) is 4.25. The van der Waals surface area contributed by atoms with Crippen LogP contribution < -0.4 is 0 Å². The van der Waals surface area contributed by atoms with Gasteiger partial charge >= 0.3 is 0 Å². The van der Waals surface area contributed by atoms with Crippen LogP contribution in [0, 0.1) is 18.7 Å². The van der Waals surface area contributed by atoms with E-state index in [1.807, 2.05) is 24.7 Å². The van der Waals surface area contributed by atoms with Crippen molar-refractivity contribution in [3.05, 3.63) is 59.5 Å². The number of ether oxygens (including phenoxy) is 1. The van der Waals surface area contributed by atoms with E-state index in [-0.39, 0.29) is 18.0 Å². The molecule has 2 unspecified atom stereocenters. The molecule has 2 heterocycles. The van der Waals surface area contributed by atoms with Crippen molar-refractivity contribution in [3.8, 4) is 5.69 Å². The molecule has 8 heteroatoms. The van der Waals surface area contributed by atoms with Crippen molar-refractivity contribution in [2.75, 3.05) is 38.5 Å². The largest absolute Gasteiger partial charge is 0.378 e. The molecule has 35 heavy (non-hydrogen) atoms. The first-order valence-corrected chi connectivity index (χ1v) is 13.7. The topological polar surface area (TPSA) is 50.6 Å². The van der Waals surface area contributed by atoms with E-state index in [1.165, 1.54) is 23.3 Å². The standard InChI is InChI=1S/C27H37FN4O2S/c1-19(2)17-30-10-11-31(35(33)13-12-34-20(3)4)18-27(30)25-15-22-16-29-32(26(22)14-21(25)5)24-8-6-23(28)7-9-24/h6-9,14-16,19-20,27H,10-13,17-18H2,1-5H3. The maximum Gasteiger partial charge on any atom is 0.123 e. The van der Waals surface area contributed by atoms with Gasteiger partial charge in [-0.25, -0.2) is 17.6 Å². The summed E-state index contributed by atoms with van der Waals surface area (Å²) in [6.07, 6.45) is 2.02. The zero-order chi connectivity index (χ0) is 25.1. The predicted molar refractivity (Wildman–Crippen MR) is 141 cm³/mol. The summed E-state index contributed by atoms with van der Waals surface area (Å²) in [6.45, 7) is 14.5. The van der Waals surface area contributed by atoms with Gasteiger partial charge in [0.1, 0.15) is 5.82 Å². The van der Waals surface area contributed by atoms with Crippen LogP contribution in [0.4, 0.5) is 4.39 Å². The molecule has 1 aliphatic rings. The van der Waals surface area contributed by atoms with Gasteiger partial charge < -0.3 is 4.74 Å². The van der Waals surface area contributed by atoms with Crippen molar-refractivity contribution in [1.82, 2.24) is 19.0 Å². The molecule has 2 aromatic carbocycles. The first-order valence-electron chi connectivity index (χ1n) is 12.5. The number of piperazine rings is 1. The molecule has 1 fully saturated rings. The van der Waals surface area contributed by atoms with Crippen LogP contribution in [0.2, 0.25) is 0 Å². The lowest BCUT2D eigenvalue weighted by Gasteiger charge is -2.42. The van der Waals surface area contributed by atoms with Crippen LogP contribution in [0.5, 0.6) is 0 Å². The number of rotatable bonds is 9. The number of hydrogen-bond acceptors (Lipinski definition) is 4. The maximum atomic E-state index is 13.4. The third-order valence-corrected chi connectivity index (χ3v) is 7.86. The number of halogens is 1. The summed E-state index contributed by atoms with van der Waals surface area (Å²) < 4.78 is 36.1. The van der Waals surface area contributed by atoms with Gasteiger partial charge in [-0.1, -0.05) is 13.8 Å². The highest BCUT2D eigenvalue weighted by atomic mass is 32.2. The monoisotopic (exact) mass is 500 g/mol. The summed E-state index contributed by atoms with van der Waals surface area (Å²) in [4.78, 5) is 2.53. The van der Waals surface area contributed by atoms with Crippen LogP contribution in [0.15, 0.2) is 42.6 Å². The van der Waals surface area contributed by atoms with Gasteiger partial charge in [-0.15, -0.1) is 0 Å². The third-order valence-electron chi connectivity index (χ3n) is 6.44. The Morgan fingerprint density at radius 3 is 2.57 bits per heavy atom. The van der Waals surface area contributed by atoms with E-state index in [0.29, 0.717) is 18.3 Å². The third kappa shape index (κ3) is 6.17. The maximum absolute atomic E-state index is 13.4. The second-order valence-electron chi connectivity index (χ2n) is 10.0. The molecule has 0 bridgehead atoms. The molecule has 190 valence electrons. The molecule has 1 aromatic heterocycles. The van der Waals surface area contributed by atoms with Crippen LogP contribution in [-0.2, 0) is 15.7 Å². The van der Waals surface area contributed by atoms with Gasteiger partial charge in [0.15, 0.2) is 0 Å². The average Bonchev–Trinajstić information content (AvgIpc) is 3.21. The number of aromatic nitrogens is 2. The Balaban J connectivity index is 1.62. The Morgan fingerprint density at radius 1 is 1.14 bits per heavy atom. The first kappa shape index (κ1) is 25.9. The fraction of sp³-hybridized carbons (Fsp3) is 0.519. The molecule has 0 radical (unpaired) electrons. The van der Waals surface area contributed by atoms with Crippen molar-refractivity contribution < 1.29 is 13.3 Å². The minimum Gasteiger partial charge on any atom is -0.378 e. The zero-order valence-corrected chi connectivity index (χ0v) is 22.2. The highest BCUT2D eigenvalue weighted by Gasteiger charge is 2.32. The van der Waals surface area contributed by atoms with Gasteiger partial charge in [0.05, 0.1) is 46.9 Å². The van der Waals surface area contributed by atoms with Crippen molar-refractivity contribution in [1.29, 1.82) is 0 Å². The van der Waals surface area contributed by atoms with Crippen molar-refractivity contribution >= 4 is 21.9 Å². The molecule has 0 aliphatic carbocycles. The Kier molecular flexibility index (Phi) is 8.37. The lowest BCUT2D eigenvalue weighted by atomic mass is 9.96. The van der Waals surface area contributed by atoms with E-state index in [9.17, 15) is 8.60 Å². The van der Waals surface area contributed by atoms with E-state index >= 15 is 0 Å². The molecular weight excluding hydrogens is 463 g/mol. The first-order chi connectivity index (χ1) is 16.7. The quantitative estimate of drug-likeness (QED) is 0.420. The number of aryl methyl sites for hydroxylation is 1. The van der Waals surface area contributed by atoms with E-state index in [0.717, 1.165) is 42.8 Å². The second-order valence-corrected chi connectivity index (χ2v) is 11.6. The molecule has 0 spiro atoms. The Labute approximate surface area is 210 Å². The van der Waals surface area contributed by atoms with Gasteiger partial charge in [-0.3, -0.25) is 4.90 Å². The molecular formula is C27H37FN4O2S. The molecule has 3 aromatic rings. The molecule has 4 rings (SSSR count). The highest BCUT2D eigenvalue weighted by Crippen LogP contribution is 2.32. The summed E-state index contributed by atoms with van der Waals surface area (Å²) in [5, 5.41) is 5.63. The summed E-state index contributed by atoms with van der Waals surface area (Å²) in [6, 6.07) is 10.9. The minimum atomic E-state index is -1.07. The lowest BCUT2D eigenvalue weighted by Crippen LogP contribution is -2.50. The number of benzene rings is 2. The van der Waals surface area contributed by atoms with Gasteiger partial charge in [-0.05, 0) is 74.2 Å². The average molecular weight is 501 g/mol. The predicted octanol–water partition coefficient (Wildman–Crippen LogP) is 4.88. The summed E-state index contributed by atoms with van der Waals surface area (Å²) in [7, 11) is -1.07. The zero-order valence-electron chi connectivity index (χ0n) is 21.4. The van der Waals surface area contributed by atoms with E-state index in [4.69, 9.17) is 4.74 Å².